The van der Waals surface area contributed by atoms with Gasteiger partial charge in [-0.2, -0.15) is 0 Å². The van der Waals surface area contributed by atoms with Crippen LogP contribution in [0.4, 0.5) is 5.82 Å². The van der Waals surface area contributed by atoms with Crippen molar-refractivity contribution >= 4 is 22.8 Å². The molecule has 0 saturated carbocycles. The SMILES string of the molecule is CCOc1cc(-c2cc(NCCc3ccc4occc4c3)ncn2)ccc1C(=O)O. The lowest BCUT2D eigenvalue weighted by molar-refractivity contribution is 0.0692. The summed E-state index contributed by atoms with van der Waals surface area (Å²) in [5, 5.41) is 13.7. The average molecular weight is 403 g/mol. The molecule has 152 valence electrons. The van der Waals surface area contributed by atoms with E-state index in [2.05, 4.69) is 27.4 Å². The van der Waals surface area contributed by atoms with E-state index in [1.165, 1.54) is 18.0 Å². The maximum Gasteiger partial charge on any atom is 0.339 e. The number of hydrogen-bond donors (Lipinski definition) is 2. The van der Waals surface area contributed by atoms with Gasteiger partial charge < -0.3 is 19.6 Å². The van der Waals surface area contributed by atoms with Gasteiger partial charge in [-0.15, -0.1) is 0 Å². The monoisotopic (exact) mass is 403 g/mol. The first-order chi connectivity index (χ1) is 14.6. The maximum absolute atomic E-state index is 11.4. The number of ether oxygens (including phenoxy) is 1. The maximum atomic E-state index is 11.4. The van der Waals surface area contributed by atoms with Crippen LogP contribution in [0.25, 0.3) is 22.2 Å². The predicted octanol–water partition coefficient (Wildman–Crippen LogP) is 4.64. The van der Waals surface area contributed by atoms with E-state index in [1.54, 1.807) is 18.4 Å². The predicted molar refractivity (Wildman–Crippen MR) is 114 cm³/mol. The Balaban J connectivity index is 1.47. The molecule has 0 unspecified atom stereocenters. The number of benzene rings is 2. The Morgan fingerprint density at radius 3 is 2.87 bits per heavy atom. The number of hydrogen-bond acceptors (Lipinski definition) is 6. The molecule has 7 heteroatoms. The highest BCUT2D eigenvalue weighted by molar-refractivity contribution is 5.91. The molecule has 0 amide bonds. The molecule has 2 N–H and O–H groups in total. The zero-order valence-corrected chi connectivity index (χ0v) is 16.5. The number of carboxylic acids is 1. The quantitative estimate of drug-likeness (QED) is 0.442. The smallest absolute Gasteiger partial charge is 0.339 e. The average Bonchev–Trinajstić information content (AvgIpc) is 3.22. The Bertz CT molecular complexity index is 1190. The highest BCUT2D eigenvalue weighted by Gasteiger charge is 2.13. The van der Waals surface area contributed by atoms with Crippen LogP contribution >= 0.6 is 0 Å². The Labute approximate surface area is 173 Å². The van der Waals surface area contributed by atoms with E-state index in [1.807, 2.05) is 25.1 Å². The van der Waals surface area contributed by atoms with Crippen molar-refractivity contribution < 1.29 is 19.1 Å². The van der Waals surface area contributed by atoms with Crippen molar-refractivity contribution in [2.75, 3.05) is 18.5 Å². The van der Waals surface area contributed by atoms with Crippen molar-refractivity contribution in [3.8, 4) is 17.0 Å². The molecule has 4 aromatic rings. The second kappa shape index (κ2) is 8.65. The van der Waals surface area contributed by atoms with Crippen LogP contribution in [0.3, 0.4) is 0 Å². The van der Waals surface area contributed by atoms with Gasteiger partial charge in [0, 0.05) is 23.6 Å². The summed E-state index contributed by atoms with van der Waals surface area (Å²) in [5.74, 6) is -0.00132. The van der Waals surface area contributed by atoms with Gasteiger partial charge in [0.05, 0.1) is 18.6 Å². The van der Waals surface area contributed by atoms with Gasteiger partial charge in [-0.3, -0.25) is 0 Å². The molecule has 0 radical (unpaired) electrons. The molecule has 2 aromatic carbocycles. The first-order valence-corrected chi connectivity index (χ1v) is 9.66. The van der Waals surface area contributed by atoms with E-state index in [0.717, 1.165) is 23.0 Å². The third-order valence-electron chi connectivity index (χ3n) is 4.71. The van der Waals surface area contributed by atoms with Crippen molar-refractivity contribution in [2.24, 2.45) is 0 Å². The number of anilines is 1. The third kappa shape index (κ3) is 4.25. The fourth-order valence-corrected chi connectivity index (χ4v) is 3.25. The zero-order chi connectivity index (χ0) is 20.9. The summed E-state index contributed by atoms with van der Waals surface area (Å²) < 4.78 is 10.9. The van der Waals surface area contributed by atoms with Crippen LogP contribution in [0.5, 0.6) is 5.75 Å². The van der Waals surface area contributed by atoms with Gasteiger partial charge in [-0.25, -0.2) is 14.8 Å². The molecule has 0 spiro atoms. The molecule has 0 aliphatic heterocycles. The minimum Gasteiger partial charge on any atom is -0.493 e. The summed E-state index contributed by atoms with van der Waals surface area (Å²) in [6.07, 6.45) is 4.01. The molecule has 0 aliphatic rings. The molecule has 0 bridgehead atoms. The number of rotatable bonds is 8. The lowest BCUT2D eigenvalue weighted by atomic mass is 10.1. The Hall–Kier alpha value is -3.87. The first-order valence-electron chi connectivity index (χ1n) is 9.66. The molecule has 0 aliphatic carbocycles. The summed E-state index contributed by atoms with van der Waals surface area (Å²) in [6.45, 7) is 2.90. The summed E-state index contributed by atoms with van der Waals surface area (Å²) in [5.41, 5.74) is 3.66. The number of carboxylic acid groups (broad SMARTS) is 1. The van der Waals surface area contributed by atoms with E-state index in [4.69, 9.17) is 9.15 Å². The summed E-state index contributed by atoms with van der Waals surface area (Å²) in [6, 6.07) is 14.9. The van der Waals surface area contributed by atoms with Gasteiger partial charge in [0.15, 0.2) is 0 Å². The molecule has 4 rings (SSSR count). The fourth-order valence-electron chi connectivity index (χ4n) is 3.25. The number of aromatic carboxylic acids is 1. The first kappa shape index (κ1) is 19.4. The van der Waals surface area contributed by atoms with Crippen molar-refractivity contribution in [1.82, 2.24) is 9.97 Å². The minimum absolute atomic E-state index is 0.127. The largest absolute Gasteiger partial charge is 0.493 e. The normalized spacial score (nSPS) is 10.8. The summed E-state index contributed by atoms with van der Waals surface area (Å²) >= 11 is 0. The second-order valence-corrected chi connectivity index (χ2v) is 6.71. The lowest BCUT2D eigenvalue weighted by Gasteiger charge is -2.10. The molecule has 0 saturated heterocycles. The van der Waals surface area contributed by atoms with Crippen LogP contribution in [0.15, 0.2) is 65.5 Å². The summed E-state index contributed by atoms with van der Waals surface area (Å²) in [4.78, 5) is 20.0. The van der Waals surface area contributed by atoms with Crippen molar-refractivity contribution in [2.45, 2.75) is 13.3 Å². The topological polar surface area (TPSA) is 97.5 Å². The fraction of sp³-hybridized carbons (Fsp3) is 0.174. The molecular formula is C23H21N3O4. The number of fused-ring (bicyclic) bond motifs is 1. The van der Waals surface area contributed by atoms with E-state index < -0.39 is 5.97 Å². The Morgan fingerprint density at radius 1 is 1.13 bits per heavy atom. The second-order valence-electron chi connectivity index (χ2n) is 6.71. The Kier molecular flexibility index (Phi) is 5.61. The van der Waals surface area contributed by atoms with Crippen LogP contribution in [0.2, 0.25) is 0 Å². The number of carbonyl (C=O) groups is 1. The summed E-state index contributed by atoms with van der Waals surface area (Å²) in [7, 11) is 0. The van der Waals surface area contributed by atoms with Crippen molar-refractivity contribution in [3.05, 3.63) is 72.2 Å². The lowest BCUT2D eigenvalue weighted by Crippen LogP contribution is -2.07. The van der Waals surface area contributed by atoms with E-state index >= 15 is 0 Å². The van der Waals surface area contributed by atoms with E-state index in [-0.39, 0.29) is 5.56 Å². The van der Waals surface area contributed by atoms with Gasteiger partial charge in [0.1, 0.15) is 29.0 Å². The van der Waals surface area contributed by atoms with E-state index in [9.17, 15) is 9.90 Å². The molecule has 2 aromatic heterocycles. The molecular weight excluding hydrogens is 382 g/mol. The van der Waals surface area contributed by atoms with Gasteiger partial charge in [-0.05, 0) is 49.2 Å². The van der Waals surface area contributed by atoms with E-state index in [0.29, 0.717) is 30.4 Å². The van der Waals surface area contributed by atoms with Crippen molar-refractivity contribution in [1.29, 1.82) is 0 Å². The van der Waals surface area contributed by atoms with Crippen LogP contribution in [-0.4, -0.2) is 34.2 Å². The van der Waals surface area contributed by atoms with Crippen molar-refractivity contribution in [3.63, 3.8) is 0 Å². The number of aromatic nitrogens is 2. The van der Waals surface area contributed by atoms with Gasteiger partial charge in [0.25, 0.3) is 0 Å². The van der Waals surface area contributed by atoms with Crippen LogP contribution < -0.4 is 10.1 Å². The highest BCUT2D eigenvalue weighted by atomic mass is 16.5. The number of nitrogens with one attached hydrogen (secondary N) is 1. The Morgan fingerprint density at radius 2 is 2.03 bits per heavy atom. The third-order valence-corrected chi connectivity index (χ3v) is 4.71. The molecule has 2 heterocycles. The molecule has 7 nitrogen and oxygen atoms in total. The zero-order valence-electron chi connectivity index (χ0n) is 16.5. The van der Waals surface area contributed by atoms with Gasteiger partial charge >= 0.3 is 5.97 Å². The highest BCUT2D eigenvalue weighted by Crippen LogP contribution is 2.27. The van der Waals surface area contributed by atoms with Crippen LogP contribution in [-0.2, 0) is 6.42 Å². The van der Waals surface area contributed by atoms with Gasteiger partial charge in [-0.1, -0.05) is 12.1 Å². The minimum atomic E-state index is -1.02. The molecule has 0 fully saturated rings. The van der Waals surface area contributed by atoms with Gasteiger partial charge in [0.2, 0.25) is 0 Å². The number of furan rings is 1. The van der Waals surface area contributed by atoms with Crippen LogP contribution in [0, 0.1) is 0 Å². The van der Waals surface area contributed by atoms with Crippen LogP contribution in [0.1, 0.15) is 22.8 Å². The molecule has 30 heavy (non-hydrogen) atoms. The standard InChI is InChI=1S/C23H21N3O4/c1-2-29-21-12-16(4-5-18(21)23(27)28)19-13-22(26-14-25-19)24-9-7-15-3-6-20-17(11-15)8-10-30-20/h3-6,8,10-14H,2,7,9H2,1H3,(H,27,28)(H,24,25,26). The molecule has 0 atom stereocenters. The number of nitrogens with zero attached hydrogens (tertiary/aromatic N) is 2.